The fourth-order valence-electron chi connectivity index (χ4n) is 3.00. The van der Waals surface area contributed by atoms with Crippen molar-refractivity contribution in [2.24, 2.45) is 0 Å². The first-order chi connectivity index (χ1) is 11.7. The molecule has 0 aliphatic carbocycles. The highest BCUT2D eigenvalue weighted by atomic mass is 16.6. The van der Waals surface area contributed by atoms with E-state index in [1.807, 2.05) is 31.2 Å². The van der Waals surface area contributed by atoms with Crippen molar-refractivity contribution in [3.8, 4) is 0 Å². The van der Waals surface area contributed by atoms with Gasteiger partial charge < -0.3 is 15.4 Å². The van der Waals surface area contributed by atoms with Crippen LogP contribution in [-0.2, 0) is 24.3 Å². The molecule has 0 radical (unpaired) electrons. The second-order valence-electron chi connectivity index (χ2n) is 5.68. The van der Waals surface area contributed by atoms with E-state index in [4.69, 9.17) is 4.74 Å². The summed E-state index contributed by atoms with van der Waals surface area (Å²) in [6.07, 6.45) is 0.792. The zero-order valence-electron chi connectivity index (χ0n) is 13.7. The van der Waals surface area contributed by atoms with Gasteiger partial charge in [-0.2, -0.15) is 0 Å². The fourth-order valence-corrected chi connectivity index (χ4v) is 3.00. The van der Waals surface area contributed by atoms with Gasteiger partial charge in [-0.05, 0) is 30.5 Å². The van der Waals surface area contributed by atoms with E-state index in [0.717, 1.165) is 35.3 Å². The molecule has 0 saturated carbocycles. The van der Waals surface area contributed by atoms with E-state index in [1.54, 1.807) is 12.1 Å². The molecule has 1 aliphatic rings. The van der Waals surface area contributed by atoms with Gasteiger partial charge in [-0.25, -0.2) is 0 Å². The lowest BCUT2D eigenvalue weighted by atomic mass is 10.1. The molecule has 0 unspecified atom stereocenters. The lowest BCUT2D eigenvalue weighted by Gasteiger charge is -2.14. The van der Waals surface area contributed by atoms with Crippen LogP contribution in [0.1, 0.15) is 23.6 Å². The molecule has 24 heavy (non-hydrogen) atoms. The van der Waals surface area contributed by atoms with Crippen molar-refractivity contribution in [3.05, 3.63) is 63.2 Å². The standard InChI is InChI=1S/C18H21N3O3/c1-2-24-12-14-6-4-3-5-13(14)11-20-18-15-9-10-19-16(15)7-8-17(18)21(22)23/h3-8,19-20H,2,9-12H2,1H3. The number of nitro groups is 1. The number of fused-ring (bicyclic) bond motifs is 1. The Hall–Kier alpha value is -2.60. The Bertz CT molecular complexity index is 746. The quantitative estimate of drug-likeness (QED) is 0.599. The first kappa shape index (κ1) is 16.3. The highest BCUT2D eigenvalue weighted by molar-refractivity contribution is 5.77. The van der Waals surface area contributed by atoms with E-state index >= 15 is 0 Å². The minimum absolute atomic E-state index is 0.125. The van der Waals surface area contributed by atoms with E-state index in [0.29, 0.717) is 25.4 Å². The van der Waals surface area contributed by atoms with E-state index in [2.05, 4.69) is 10.6 Å². The first-order valence-corrected chi connectivity index (χ1v) is 8.13. The van der Waals surface area contributed by atoms with Crippen molar-refractivity contribution in [1.29, 1.82) is 0 Å². The van der Waals surface area contributed by atoms with Gasteiger partial charge in [-0.3, -0.25) is 10.1 Å². The van der Waals surface area contributed by atoms with Gasteiger partial charge >= 0.3 is 0 Å². The van der Waals surface area contributed by atoms with Crippen molar-refractivity contribution in [1.82, 2.24) is 0 Å². The number of rotatable bonds is 7. The Labute approximate surface area is 141 Å². The molecule has 6 heteroatoms. The van der Waals surface area contributed by atoms with Crippen molar-refractivity contribution in [2.75, 3.05) is 23.8 Å². The van der Waals surface area contributed by atoms with Gasteiger partial charge in [0.25, 0.3) is 5.69 Å². The fraction of sp³-hybridized carbons (Fsp3) is 0.333. The van der Waals surface area contributed by atoms with Gasteiger partial charge in [-0.1, -0.05) is 24.3 Å². The third kappa shape index (κ3) is 3.33. The number of hydrogen-bond acceptors (Lipinski definition) is 5. The lowest BCUT2D eigenvalue weighted by molar-refractivity contribution is -0.384. The summed E-state index contributed by atoms with van der Waals surface area (Å²) in [5.41, 5.74) is 4.90. The Morgan fingerprint density at radius 1 is 1.25 bits per heavy atom. The van der Waals surface area contributed by atoms with E-state index in [1.165, 1.54) is 0 Å². The molecule has 0 amide bonds. The summed E-state index contributed by atoms with van der Waals surface area (Å²) in [7, 11) is 0. The average molecular weight is 327 g/mol. The van der Waals surface area contributed by atoms with Crippen LogP contribution in [0, 0.1) is 10.1 Å². The largest absolute Gasteiger partial charge is 0.384 e. The summed E-state index contributed by atoms with van der Waals surface area (Å²) >= 11 is 0. The third-order valence-corrected chi connectivity index (χ3v) is 4.21. The van der Waals surface area contributed by atoms with Crippen molar-refractivity contribution >= 4 is 17.1 Å². The normalized spacial score (nSPS) is 12.5. The van der Waals surface area contributed by atoms with Crippen LogP contribution in [0.2, 0.25) is 0 Å². The predicted molar refractivity (Wildman–Crippen MR) is 94.4 cm³/mol. The van der Waals surface area contributed by atoms with Gasteiger partial charge in [0.2, 0.25) is 0 Å². The van der Waals surface area contributed by atoms with Gasteiger partial charge in [-0.15, -0.1) is 0 Å². The molecule has 0 atom stereocenters. The molecule has 0 saturated heterocycles. The Balaban J connectivity index is 1.85. The Kier molecular flexibility index (Phi) is 4.96. The summed E-state index contributed by atoms with van der Waals surface area (Å²) < 4.78 is 5.50. The molecule has 6 nitrogen and oxygen atoms in total. The summed E-state index contributed by atoms with van der Waals surface area (Å²) in [6, 6.07) is 11.3. The monoisotopic (exact) mass is 327 g/mol. The van der Waals surface area contributed by atoms with Crippen LogP contribution in [0.3, 0.4) is 0 Å². The minimum Gasteiger partial charge on any atom is -0.384 e. The molecule has 1 heterocycles. The second-order valence-corrected chi connectivity index (χ2v) is 5.68. The van der Waals surface area contributed by atoms with Crippen LogP contribution >= 0.6 is 0 Å². The molecule has 1 aliphatic heterocycles. The zero-order chi connectivity index (χ0) is 16.9. The minimum atomic E-state index is -0.326. The Morgan fingerprint density at radius 2 is 2.04 bits per heavy atom. The van der Waals surface area contributed by atoms with Crippen LogP contribution in [0.5, 0.6) is 0 Å². The maximum Gasteiger partial charge on any atom is 0.292 e. The number of nitrogens with one attached hydrogen (secondary N) is 2. The molecular formula is C18H21N3O3. The van der Waals surface area contributed by atoms with Crippen LogP contribution in [0.4, 0.5) is 17.1 Å². The maximum atomic E-state index is 11.4. The third-order valence-electron chi connectivity index (χ3n) is 4.21. The van der Waals surface area contributed by atoms with E-state index in [9.17, 15) is 10.1 Å². The second kappa shape index (κ2) is 7.31. The van der Waals surface area contributed by atoms with Crippen molar-refractivity contribution in [2.45, 2.75) is 26.5 Å². The topological polar surface area (TPSA) is 76.4 Å². The van der Waals surface area contributed by atoms with Gasteiger partial charge in [0.05, 0.1) is 11.5 Å². The first-order valence-electron chi connectivity index (χ1n) is 8.13. The van der Waals surface area contributed by atoms with E-state index in [-0.39, 0.29) is 10.6 Å². The number of nitrogens with zero attached hydrogens (tertiary/aromatic N) is 1. The molecule has 0 aromatic heterocycles. The number of ether oxygens (including phenoxy) is 1. The van der Waals surface area contributed by atoms with Crippen LogP contribution < -0.4 is 10.6 Å². The summed E-state index contributed by atoms with van der Waals surface area (Å²) in [6.45, 7) is 4.51. The lowest BCUT2D eigenvalue weighted by Crippen LogP contribution is -2.07. The molecular weight excluding hydrogens is 306 g/mol. The van der Waals surface area contributed by atoms with Gasteiger partial charge in [0.1, 0.15) is 5.69 Å². The highest BCUT2D eigenvalue weighted by Gasteiger charge is 2.23. The molecule has 2 aromatic carbocycles. The molecule has 126 valence electrons. The van der Waals surface area contributed by atoms with Gasteiger partial charge in [0.15, 0.2) is 0 Å². The average Bonchev–Trinajstić information content (AvgIpc) is 3.07. The van der Waals surface area contributed by atoms with Crippen molar-refractivity contribution < 1.29 is 9.66 Å². The molecule has 2 N–H and O–H groups in total. The van der Waals surface area contributed by atoms with Crippen LogP contribution in [0.15, 0.2) is 36.4 Å². The summed E-state index contributed by atoms with van der Waals surface area (Å²) in [5.74, 6) is 0. The number of anilines is 2. The Morgan fingerprint density at radius 3 is 2.79 bits per heavy atom. The number of hydrogen-bond donors (Lipinski definition) is 2. The summed E-state index contributed by atoms with van der Waals surface area (Å²) in [4.78, 5) is 11.0. The zero-order valence-corrected chi connectivity index (χ0v) is 13.7. The smallest absolute Gasteiger partial charge is 0.292 e. The maximum absolute atomic E-state index is 11.4. The predicted octanol–water partition coefficient (Wildman–Crippen LogP) is 3.71. The number of nitro benzene ring substituents is 1. The molecule has 2 aromatic rings. The van der Waals surface area contributed by atoms with Gasteiger partial charge in [0, 0.05) is 37.0 Å². The highest BCUT2D eigenvalue weighted by Crippen LogP contribution is 2.37. The van der Waals surface area contributed by atoms with E-state index < -0.39 is 0 Å². The number of benzene rings is 2. The van der Waals surface area contributed by atoms with Crippen LogP contribution in [0.25, 0.3) is 0 Å². The molecule has 0 spiro atoms. The molecule has 0 fully saturated rings. The SMILES string of the molecule is CCOCc1ccccc1CNc1c([N+](=O)[O-])ccc2c1CCN2. The summed E-state index contributed by atoms with van der Waals surface area (Å²) in [5, 5.41) is 17.9. The van der Waals surface area contributed by atoms with Crippen molar-refractivity contribution in [3.63, 3.8) is 0 Å². The van der Waals surface area contributed by atoms with Crippen LogP contribution in [-0.4, -0.2) is 18.1 Å². The molecule has 0 bridgehead atoms. The molecule has 3 rings (SSSR count).